The number of hydrogen-bond acceptors (Lipinski definition) is 2. The van der Waals surface area contributed by atoms with E-state index in [-0.39, 0.29) is 5.91 Å². The zero-order chi connectivity index (χ0) is 14.7. The van der Waals surface area contributed by atoms with Gasteiger partial charge in [0.15, 0.2) is 0 Å². The van der Waals surface area contributed by atoms with Crippen LogP contribution in [0.3, 0.4) is 0 Å². The van der Waals surface area contributed by atoms with Gasteiger partial charge < -0.3 is 5.32 Å². The van der Waals surface area contributed by atoms with Crippen molar-refractivity contribution in [3.63, 3.8) is 0 Å². The Bertz CT molecular complexity index is 662. The standard InChI is InChI=1S/C14H11Br2ClN2O/c1-2-10-5-8(6-13(17)18-10)14(20)19-12-4-3-9(15)7-11(12)16/h3-7H,2H2,1H3,(H,19,20). The van der Waals surface area contributed by atoms with Crippen LogP contribution in [0.5, 0.6) is 0 Å². The van der Waals surface area contributed by atoms with Crippen molar-refractivity contribution in [1.82, 2.24) is 4.98 Å². The van der Waals surface area contributed by atoms with Gasteiger partial charge in [-0.15, -0.1) is 0 Å². The summed E-state index contributed by atoms with van der Waals surface area (Å²) in [6.45, 7) is 1.96. The Balaban J connectivity index is 2.26. The lowest BCUT2D eigenvalue weighted by Crippen LogP contribution is -2.13. The normalized spacial score (nSPS) is 10.4. The van der Waals surface area contributed by atoms with Crippen LogP contribution in [0.25, 0.3) is 0 Å². The summed E-state index contributed by atoms with van der Waals surface area (Å²) < 4.78 is 1.73. The van der Waals surface area contributed by atoms with Crippen molar-refractivity contribution >= 4 is 55.1 Å². The lowest BCUT2D eigenvalue weighted by Gasteiger charge is -2.09. The largest absolute Gasteiger partial charge is 0.321 e. The molecule has 2 rings (SSSR count). The van der Waals surface area contributed by atoms with Crippen LogP contribution < -0.4 is 5.32 Å². The molecule has 1 aromatic carbocycles. The van der Waals surface area contributed by atoms with Crippen molar-refractivity contribution < 1.29 is 4.79 Å². The molecular weight excluding hydrogens is 407 g/mol. The Kier molecular flexibility index (Phi) is 5.18. The third-order valence-corrected chi connectivity index (χ3v) is 3.99. The molecule has 0 saturated carbocycles. The van der Waals surface area contributed by atoms with Gasteiger partial charge in [-0.3, -0.25) is 4.79 Å². The molecule has 0 saturated heterocycles. The van der Waals surface area contributed by atoms with Gasteiger partial charge in [-0.25, -0.2) is 4.98 Å². The molecule has 104 valence electrons. The van der Waals surface area contributed by atoms with Crippen LogP contribution in [0.1, 0.15) is 23.0 Å². The van der Waals surface area contributed by atoms with Crippen molar-refractivity contribution in [1.29, 1.82) is 0 Å². The number of benzene rings is 1. The van der Waals surface area contributed by atoms with Gasteiger partial charge in [0.2, 0.25) is 0 Å². The van der Waals surface area contributed by atoms with E-state index in [0.29, 0.717) is 16.4 Å². The number of pyridine rings is 1. The van der Waals surface area contributed by atoms with E-state index in [1.54, 1.807) is 12.1 Å². The van der Waals surface area contributed by atoms with Gasteiger partial charge >= 0.3 is 0 Å². The fourth-order valence-corrected chi connectivity index (χ4v) is 3.02. The molecule has 6 heteroatoms. The van der Waals surface area contributed by atoms with Crippen LogP contribution in [0, 0.1) is 0 Å². The van der Waals surface area contributed by atoms with Crippen LogP contribution in [-0.4, -0.2) is 10.9 Å². The number of carbonyl (C=O) groups is 1. The summed E-state index contributed by atoms with van der Waals surface area (Å²) in [5, 5.41) is 3.16. The number of anilines is 1. The summed E-state index contributed by atoms with van der Waals surface area (Å²) in [5.74, 6) is -0.216. The highest BCUT2D eigenvalue weighted by Gasteiger charge is 2.11. The van der Waals surface area contributed by atoms with E-state index in [1.807, 2.05) is 25.1 Å². The maximum absolute atomic E-state index is 12.2. The molecule has 0 radical (unpaired) electrons. The highest BCUT2D eigenvalue weighted by atomic mass is 79.9. The minimum Gasteiger partial charge on any atom is -0.321 e. The first-order valence-corrected chi connectivity index (χ1v) is 7.89. The number of halogens is 3. The molecule has 20 heavy (non-hydrogen) atoms. The number of nitrogens with one attached hydrogen (secondary N) is 1. The summed E-state index contributed by atoms with van der Waals surface area (Å²) in [6, 6.07) is 8.84. The van der Waals surface area contributed by atoms with E-state index in [1.165, 1.54) is 0 Å². The number of aromatic nitrogens is 1. The van der Waals surface area contributed by atoms with Gasteiger partial charge in [-0.2, -0.15) is 0 Å². The maximum atomic E-state index is 12.2. The summed E-state index contributed by atoms with van der Waals surface area (Å²) in [5.41, 5.74) is 1.98. The highest BCUT2D eigenvalue weighted by Crippen LogP contribution is 2.26. The van der Waals surface area contributed by atoms with Gasteiger partial charge in [0.1, 0.15) is 5.15 Å². The summed E-state index contributed by atoms with van der Waals surface area (Å²) in [7, 11) is 0. The maximum Gasteiger partial charge on any atom is 0.255 e. The Morgan fingerprint density at radius 1 is 1.30 bits per heavy atom. The molecule has 0 spiro atoms. The molecule has 1 amide bonds. The highest BCUT2D eigenvalue weighted by molar-refractivity contribution is 9.11. The van der Waals surface area contributed by atoms with Crippen molar-refractivity contribution in [2.24, 2.45) is 0 Å². The molecule has 0 unspecified atom stereocenters. The average Bonchev–Trinajstić information content (AvgIpc) is 2.41. The number of hydrogen-bond donors (Lipinski definition) is 1. The molecule has 0 atom stereocenters. The third kappa shape index (κ3) is 3.81. The van der Waals surface area contributed by atoms with Gasteiger partial charge in [-0.1, -0.05) is 34.5 Å². The fraction of sp³-hybridized carbons (Fsp3) is 0.143. The number of aryl methyl sites for hydroxylation is 1. The number of amides is 1. The molecule has 3 nitrogen and oxygen atoms in total. The summed E-state index contributed by atoms with van der Waals surface area (Å²) in [4.78, 5) is 16.4. The fourth-order valence-electron chi connectivity index (χ4n) is 1.65. The second kappa shape index (κ2) is 6.70. The van der Waals surface area contributed by atoms with Crippen molar-refractivity contribution in [3.8, 4) is 0 Å². The molecule has 0 aliphatic carbocycles. The lowest BCUT2D eigenvalue weighted by atomic mass is 10.2. The monoisotopic (exact) mass is 416 g/mol. The van der Waals surface area contributed by atoms with E-state index in [0.717, 1.165) is 21.1 Å². The molecule has 1 heterocycles. The van der Waals surface area contributed by atoms with Crippen molar-refractivity contribution in [2.45, 2.75) is 13.3 Å². The zero-order valence-electron chi connectivity index (χ0n) is 10.6. The third-order valence-electron chi connectivity index (χ3n) is 2.65. The van der Waals surface area contributed by atoms with E-state index >= 15 is 0 Å². The smallest absolute Gasteiger partial charge is 0.255 e. The molecule has 0 fully saturated rings. The number of nitrogens with zero attached hydrogens (tertiary/aromatic N) is 1. The van der Waals surface area contributed by atoms with Gasteiger partial charge in [0.25, 0.3) is 5.91 Å². The van der Waals surface area contributed by atoms with Crippen LogP contribution in [0.2, 0.25) is 5.15 Å². The summed E-state index contributed by atoms with van der Waals surface area (Å²) in [6.07, 6.45) is 0.725. The molecule has 1 N–H and O–H groups in total. The SMILES string of the molecule is CCc1cc(C(=O)Nc2ccc(Br)cc2Br)cc(Cl)n1. The minimum atomic E-state index is -0.216. The molecule has 0 bridgehead atoms. The Morgan fingerprint density at radius 2 is 2.05 bits per heavy atom. The second-order valence-corrected chi connectivity index (χ2v) is 6.26. The van der Waals surface area contributed by atoms with Gasteiger partial charge in [0.05, 0.1) is 5.69 Å². The van der Waals surface area contributed by atoms with E-state index in [4.69, 9.17) is 11.6 Å². The first-order chi connectivity index (χ1) is 9.49. The van der Waals surface area contributed by atoms with Crippen LogP contribution in [0.4, 0.5) is 5.69 Å². The molecule has 1 aromatic heterocycles. The predicted molar refractivity (Wildman–Crippen MR) is 88.4 cm³/mol. The van der Waals surface area contributed by atoms with Crippen LogP contribution >= 0.6 is 43.5 Å². The number of carbonyl (C=O) groups excluding carboxylic acids is 1. The molecule has 2 aromatic rings. The van der Waals surface area contributed by atoms with Crippen LogP contribution in [-0.2, 0) is 6.42 Å². The average molecular weight is 419 g/mol. The first kappa shape index (κ1) is 15.5. The van der Waals surface area contributed by atoms with Gasteiger partial charge in [-0.05, 0) is 52.7 Å². The topological polar surface area (TPSA) is 42.0 Å². The van der Waals surface area contributed by atoms with Gasteiger partial charge in [0, 0.05) is 20.2 Å². The second-order valence-electron chi connectivity index (χ2n) is 4.10. The Morgan fingerprint density at radius 3 is 2.70 bits per heavy atom. The van der Waals surface area contributed by atoms with Crippen LogP contribution in [0.15, 0.2) is 39.3 Å². The molecule has 0 aliphatic heterocycles. The molecule has 0 aliphatic rings. The lowest BCUT2D eigenvalue weighted by molar-refractivity contribution is 0.102. The summed E-state index contributed by atoms with van der Waals surface area (Å²) >= 11 is 12.7. The van der Waals surface area contributed by atoms with Crippen molar-refractivity contribution in [3.05, 3.63) is 55.7 Å². The van der Waals surface area contributed by atoms with E-state index < -0.39 is 0 Å². The predicted octanol–water partition coefficient (Wildman–Crippen LogP) is 5.07. The van der Waals surface area contributed by atoms with Crippen molar-refractivity contribution in [2.75, 3.05) is 5.32 Å². The number of rotatable bonds is 3. The Hall–Kier alpha value is -0.910. The first-order valence-electron chi connectivity index (χ1n) is 5.92. The Labute approximate surface area is 139 Å². The minimum absolute atomic E-state index is 0.216. The quantitative estimate of drug-likeness (QED) is 0.707. The zero-order valence-corrected chi connectivity index (χ0v) is 14.5. The molecular formula is C14H11Br2ClN2O. The van der Waals surface area contributed by atoms with E-state index in [2.05, 4.69) is 42.2 Å². The van der Waals surface area contributed by atoms with E-state index in [9.17, 15) is 4.79 Å².